The van der Waals surface area contributed by atoms with Crippen molar-refractivity contribution in [2.24, 2.45) is 5.73 Å². The number of nitrogens with zero attached hydrogens (tertiary/aromatic N) is 1. The first-order chi connectivity index (χ1) is 7.09. The number of carboxylic acids is 1. The van der Waals surface area contributed by atoms with Crippen LogP contribution < -0.4 is 5.73 Å². The van der Waals surface area contributed by atoms with E-state index >= 15 is 0 Å². The van der Waals surface area contributed by atoms with Crippen molar-refractivity contribution in [3.63, 3.8) is 0 Å². The Kier molecular flexibility index (Phi) is 2.34. The van der Waals surface area contributed by atoms with Crippen molar-refractivity contribution in [2.45, 2.75) is 6.04 Å². The third-order valence-corrected chi connectivity index (χ3v) is 2.45. The first kappa shape index (κ1) is 9.95. The molecule has 0 aliphatic carbocycles. The van der Waals surface area contributed by atoms with Gasteiger partial charge in [0, 0.05) is 5.39 Å². The van der Waals surface area contributed by atoms with Gasteiger partial charge in [-0.3, -0.25) is 9.89 Å². The lowest BCUT2D eigenvalue weighted by Crippen LogP contribution is -2.20. The number of nitrogens with one attached hydrogen (secondary N) is 1. The zero-order valence-corrected chi connectivity index (χ0v) is 8.32. The van der Waals surface area contributed by atoms with Crippen LogP contribution in [-0.2, 0) is 4.79 Å². The molecule has 1 aromatic heterocycles. The third kappa shape index (κ3) is 1.67. The average Bonchev–Trinajstić information content (AvgIpc) is 2.64. The molecule has 5 nitrogen and oxygen atoms in total. The number of rotatable bonds is 2. The van der Waals surface area contributed by atoms with Gasteiger partial charge in [-0.1, -0.05) is 11.6 Å². The van der Waals surface area contributed by atoms with Crippen LogP contribution in [0.3, 0.4) is 0 Å². The maximum absolute atomic E-state index is 10.7. The zero-order valence-electron chi connectivity index (χ0n) is 7.57. The van der Waals surface area contributed by atoms with Crippen LogP contribution in [0.5, 0.6) is 0 Å². The van der Waals surface area contributed by atoms with Crippen molar-refractivity contribution in [2.75, 3.05) is 0 Å². The normalized spacial score (nSPS) is 12.9. The van der Waals surface area contributed by atoms with E-state index in [0.29, 0.717) is 16.1 Å². The summed E-state index contributed by atoms with van der Waals surface area (Å²) in [6.07, 6.45) is 1.57. The van der Waals surface area contributed by atoms with E-state index in [1.54, 1.807) is 12.3 Å². The number of carboxylic acid groups (broad SMARTS) is 1. The highest BCUT2D eigenvalue weighted by Gasteiger charge is 2.16. The second kappa shape index (κ2) is 3.52. The van der Waals surface area contributed by atoms with E-state index in [4.69, 9.17) is 22.4 Å². The number of carbonyl (C=O) groups is 1. The molecule has 0 bridgehead atoms. The van der Waals surface area contributed by atoms with Crippen molar-refractivity contribution in [3.8, 4) is 0 Å². The number of hydrogen-bond acceptors (Lipinski definition) is 3. The summed E-state index contributed by atoms with van der Waals surface area (Å²) in [5, 5.41) is 16.4. The van der Waals surface area contributed by atoms with Crippen LogP contribution in [0, 0.1) is 0 Å². The highest BCUT2D eigenvalue weighted by molar-refractivity contribution is 6.35. The Morgan fingerprint density at radius 3 is 3.00 bits per heavy atom. The molecule has 78 valence electrons. The topological polar surface area (TPSA) is 92.0 Å². The lowest BCUT2D eigenvalue weighted by atomic mass is 10.1. The van der Waals surface area contributed by atoms with Crippen LogP contribution in [0.1, 0.15) is 11.6 Å². The summed E-state index contributed by atoms with van der Waals surface area (Å²) in [7, 11) is 0. The van der Waals surface area contributed by atoms with Crippen LogP contribution in [0.15, 0.2) is 18.3 Å². The Hall–Kier alpha value is -1.59. The molecule has 2 rings (SSSR count). The fraction of sp³-hybridized carbons (Fsp3) is 0.111. The first-order valence-electron chi connectivity index (χ1n) is 4.20. The lowest BCUT2D eigenvalue weighted by Gasteiger charge is -2.07. The van der Waals surface area contributed by atoms with Crippen molar-refractivity contribution in [3.05, 3.63) is 28.9 Å². The Morgan fingerprint density at radius 1 is 1.60 bits per heavy atom. The molecule has 0 aliphatic rings. The molecular weight excluding hydrogens is 218 g/mol. The highest BCUT2D eigenvalue weighted by atomic mass is 35.5. The van der Waals surface area contributed by atoms with E-state index < -0.39 is 12.0 Å². The van der Waals surface area contributed by atoms with E-state index in [-0.39, 0.29) is 0 Å². The smallest absolute Gasteiger partial charge is 0.325 e. The molecule has 0 amide bonds. The highest BCUT2D eigenvalue weighted by Crippen LogP contribution is 2.25. The second-order valence-corrected chi connectivity index (χ2v) is 3.56. The summed E-state index contributed by atoms with van der Waals surface area (Å²) in [5.41, 5.74) is 6.62. The summed E-state index contributed by atoms with van der Waals surface area (Å²) >= 11 is 5.93. The fourth-order valence-corrected chi connectivity index (χ4v) is 1.64. The number of H-pyrrole nitrogens is 1. The van der Waals surface area contributed by atoms with Crippen LogP contribution in [-0.4, -0.2) is 21.3 Å². The Bertz CT molecular complexity index is 523. The predicted octanol–water partition coefficient (Wildman–Crippen LogP) is 1.30. The Morgan fingerprint density at radius 2 is 2.33 bits per heavy atom. The molecule has 15 heavy (non-hydrogen) atoms. The largest absolute Gasteiger partial charge is 0.480 e. The molecule has 4 N–H and O–H groups in total. The number of aliphatic carboxylic acids is 1. The van der Waals surface area contributed by atoms with Crippen molar-refractivity contribution >= 4 is 28.5 Å². The predicted molar refractivity (Wildman–Crippen MR) is 55.7 cm³/mol. The summed E-state index contributed by atoms with van der Waals surface area (Å²) in [4.78, 5) is 10.7. The standard InChI is InChI=1S/C9H8ClN3O2/c10-6-2-4(7(11)9(14)15)1-5-3-12-13-8(5)6/h1-3,7H,11H2,(H,12,13)(H,14,15). The lowest BCUT2D eigenvalue weighted by molar-refractivity contribution is -0.138. The summed E-state index contributed by atoms with van der Waals surface area (Å²) in [5.74, 6) is -1.09. The van der Waals surface area contributed by atoms with E-state index in [1.165, 1.54) is 6.07 Å². The number of aromatic nitrogens is 2. The van der Waals surface area contributed by atoms with Gasteiger partial charge in [-0.25, -0.2) is 0 Å². The summed E-state index contributed by atoms with van der Waals surface area (Å²) in [6, 6.07) is 2.12. The van der Waals surface area contributed by atoms with Crippen molar-refractivity contribution in [1.82, 2.24) is 10.2 Å². The Balaban J connectivity index is 2.58. The average molecular weight is 226 g/mol. The quantitative estimate of drug-likeness (QED) is 0.718. The molecule has 1 unspecified atom stereocenters. The van der Waals surface area contributed by atoms with E-state index in [1.807, 2.05) is 0 Å². The van der Waals surface area contributed by atoms with Gasteiger partial charge in [-0.2, -0.15) is 5.10 Å². The van der Waals surface area contributed by atoms with Gasteiger partial charge in [0.2, 0.25) is 0 Å². The molecule has 0 saturated heterocycles. The zero-order chi connectivity index (χ0) is 11.0. The minimum absolute atomic E-state index is 0.414. The number of fused-ring (bicyclic) bond motifs is 1. The molecule has 0 saturated carbocycles. The van der Waals surface area contributed by atoms with E-state index in [0.717, 1.165) is 5.39 Å². The van der Waals surface area contributed by atoms with Crippen molar-refractivity contribution < 1.29 is 9.90 Å². The van der Waals surface area contributed by atoms with E-state index in [9.17, 15) is 4.79 Å². The van der Waals surface area contributed by atoms with Gasteiger partial charge in [0.1, 0.15) is 6.04 Å². The minimum atomic E-state index is -1.09. The molecule has 0 aliphatic heterocycles. The second-order valence-electron chi connectivity index (χ2n) is 3.15. The van der Waals surface area contributed by atoms with E-state index in [2.05, 4.69) is 10.2 Å². The van der Waals surface area contributed by atoms with Crippen molar-refractivity contribution in [1.29, 1.82) is 0 Å². The van der Waals surface area contributed by atoms with Crippen LogP contribution in [0.4, 0.5) is 0 Å². The van der Waals surface area contributed by atoms with Gasteiger partial charge < -0.3 is 10.8 Å². The molecule has 1 aromatic carbocycles. The third-order valence-electron chi connectivity index (χ3n) is 2.15. The summed E-state index contributed by atoms with van der Waals surface area (Å²) < 4.78 is 0. The van der Waals surface area contributed by atoms with Gasteiger partial charge >= 0.3 is 5.97 Å². The molecule has 2 aromatic rings. The molecule has 0 spiro atoms. The van der Waals surface area contributed by atoms with Gasteiger partial charge in [0.15, 0.2) is 0 Å². The SMILES string of the molecule is NC(C(=O)O)c1cc(Cl)c2[nH]ncc2c1. The molecule has 0 radical (unpaired) electrons. The number of nitrogens with two attached hydrogens (primary N) is 1. The van der Waals surface area contributed by atoms with Gasteiger partial charge in [0.25, 0.3) is 0 Å². The number of aromatic amines is 1. The molecule has 1 heterocycles. The number of halogens is 1. The van der Waals surface area contributed by atoms with Gasteiger partial charge in [-0.15, -0.1) is 0 Å². The van der Waals surface area contributed by atoms with Crippen LogP contribution >= 0.6 is 11.6 Å². The molecular formula is C9H8ClN3O2. The van der Waals surface area contributed by atoms with Gasteiger partial charge in [-0.05, 0) is 17.7 Å². The monoisotopic (exact) mass is 225 g/mol. The summed E-state index contributed by atoms with van der Waals surface area (Å²) in [6.45, 7) is 0. The molecule has 6 heteroatoms. The maximum atomic E-state index is 10.7. The number of hydrogen-bond donors (Lipinski definition) is 3. The maximum Gasteiger partial charge on any atom is 0.325 e. The van der Waals surface area contributed by atoms with Gasteiger partial charge in [0.05, 0.1) is 16.7 Å². The van der Waals surface area contributed by atoms with Crippen LogP contribution in [0.25, 0.3) is 10.9 Å². The fourth-order valence-electron chi connectivity index (χ4n) is 1.36. The molecule has 1 atom stereocenters. The Labute approximate surface area is 89.8 Å². The molecule has 0 fully saturated rings. The minimum Gasteiger partial charge on any atom is -0.480 e. The van der Waals surface area contributed by atoms with Crippen LogP contribution in [0.2, 0.25) is 5.02 Å². The first-order valence-corrected chi connectivity index (χ1v) is 4.58. The number of benzene rings is 1.